The number of likely N-dealkylation sites (tertiary alicyclic amines) is 1. The molecule has 1 fully saturated rings. The van der Waals surface area contributed by atoms with Crippen molar-refractivity contribution in [2.45, 2.75) is 18.9 Å². The number of nitrogens with zero attached hydrogens (tertiary/aromatic N) is 2. The van der Waals surface area contributed by atoms with Crippen LogP contribution in [0, 0.1) is 0 Å². The Labute approximate surface area is 105 Å². The third-order valence-corrected chi connectivity index (χ3v) is 3.04. The van der Waals surface area contributed by atoms with E-state index < -0.39 is 5.97 Å². The van der Waals surface area contributed by atoms with E-state index in [0.717, 1.165) is 0 Å². The van der Waals surface area contributed by atoms with E-state index in [2.05, 4.69) is 10.3 Å². The molecule has 6 heteroatoms. The van der Waals surface area contributed by atoms with Crippen molar-refractivity contribution in [2.24, 2.45) is 0 Å². The average Bonchev–Trinajstić information content (AvgIpc) is 2.34. The quantitative estimate of drug-likeness (QED) is 0.828. The van der Waals surface area contributed by atoms with Gasteiger partial charge in [-0.2, -0.15) is 0 Å². The second kappa shape index (κ2) is 5.03. The highest BCUT2D eigenvalue weighted by Gasteiger charge is 2.23. The molecule has 1 aromatic rings. The number of carboxylic acid groups (broad SMARTS) is 1. The molecule has 1 aliphatic rings. The average molecular weight is 249 g/mol. The summed E-state index contributed by atoms with van der Waals surface area (Å²) in [5.74, 6) is -0.863. The number of likely N-dealkylation sites (N-methyl/N-ethyl adjacent to an activating group) is 1. The third kappa shape index (κ3) is 2.58. The van der Waals surface area contributed by atoms with E-state index in [0.29, 0.717) is 25.1 Å². The van der Waals surface area contributed by atoms with E-state index in [1.54, 1.807) is 11.9 Å². The van der Waals surface area contributed by atoms with Gasteiger partial charge in [-0.3, -0.25) is 9.78 Å². The standard InChI is InChI=1S/C12H15N3O3/c1-15-7-8(2-3-11(15)16)14-10-6-13-5-4-9(10)12(17)18/h4-6,8,14H,2-3,7H2,1H3,(H,17,18). The lowest BCUT2D eigenvalue weighted by atomic mass is 10.0. The molecule has 96 valence electrons. The minimum absolute atomic E-state index is 0.0648. The van der Waals surface area contributed by atoms with Crippen LogP contribution in [0.5, 0.6) is 0 Å². The second-order valence-corrected chi connectivity index (χ2v) is 4.38. The Balaban J connectivity index is 2.10. The van der Waals surface area contributed by atoms with Gasteiger partial charge >= 0.3 is 5.97 Å². The van der Waals surface area contributed by atoms with Gasteiger partial charge in [0.25, 0.3) is 0 Å². The minimum atomic E-state index is -0.986. The molecule has 1 saturated heterocycles. The number of pyridine rings is 1. The van der Waals surface area contributed by atoms with Gasteiger partial charge in [0.15, 0.2) is 0 Å². The van der Waals surface area contributed by atoms with E-state index in [1.807, 2.05) is 0 Å². The van der Waals surface area contributed by atoms with E-state index >= 15 is 0 Å². The minimum Gasteiger partial charge on any atom is -0.478 e. The van der Waals surface area contributed by atoms with E-state index in [-0.39, 0.29) is 17.5 Å². The lowest BCUT2D eigenvalue weighted by Crippen LogP contribution is -2.43. The number of carbonyl (C=O) groups is 2. The van der Waals surface area contributed by atoms with Crippen molar-refractivity contribution in [1.29, 1.82) is 0 Å². The van der Waals surface area contributed by atoms with Crippen molar-refractivity contribution in [3.8, 4) is 0 Å². The van der Waals surface area contributed by atoms with E-state index in [1.165, 1.54) is 18.5 Å². The molecule has 0 aliphatic carbocycles. The van der Waals surface area contributed by atoms with Crippen LogP contribution in [0.2, 0.25) is 0 Å². The van der Waals surface area contributed by atoms with E-state index in [4.69, 9.17) is 5.11 Å². The summed E-state index contributed by atoms with van der Waals surface area (Å²) in [5, 5.41) is 12.2. The Morgan fingerprint density at radius 3 is 3.06 bits per heavy atom. The van der Waals surface area contributed by atoms with Gasteiger partial charge in [0.1, 0.15) is 0 Å². The summed E-state index contributed by atoms with van der Waals surface area (Å²) in [4.78, 5) is 28.0. The van der Waals surface area contributed by atoms with Crippen LogP contribution in [0.3, 0.4) is 0 Å². The predicted octanol–water partition coefficient (Wildman–Crippen LogP) is 0.812. The molecule has 0 saturated carbocycles. The van der Waals surface area contributed by atoms with Gasteiger partial charge in [0, 0.05) is 32.3 Å². The summed E-state index contributed by atoms with van der Waals surface area (Å²) in [5.41, 5.74) is 0.697. The van der Waals surface area contributed by atoms with Gasteiger partial charge in [-0.25, -0.2) is 4.79 Å². The van der Waals surface area contributed by atoms with Crippen molar-refractivity contribution in [3.05, 3.63) is 24.0 Å². The van der Waals surface area contributed by atoms with Gasteiger partial charge in [-0.1, -0.05) is 0 Å². The van der Waals surface area contributed by atoms with E-state index in [9.17, 15) is 9.59 Å². The number of hydrogen-bond acceptors (Lipinski definition) is 4. The van der Waals surface area contributed by atoms with Crippen LogP contribution >= 0.6 is 0 Å². The van der Waals surface area contributed by atoms with Crippen LogP contribution in [0.15, 0.2) is 18.5 Å². The molecule has 1 aliphatic heterocycles. The number of rotatable bonds is 3. The molecule has 0 radical (unpaired) electrons. The van der Waals surface area contributed by atoms with Crippen LogP contribution in [-0.2, 0) is 4.79 Å². The van der Waals surface area contributed by atoms with Crippen molar-refractivity contribution in [1.82, 2.24) is 9.88 Å². The van der Waals surface area contributed by atoms with Crippen molar-refractivity contribution >= 4 is 17.6 Å². The Morgan fingerprint density at radius 1 is 1.61 bits per heavy atom. The lowest BCUT2D eigenvalue weighted by Gasteiger charge is -2.31. The van der Waals surface area contributed by atoms with Gasteiger partial charge in [-0.15, -0.1) is 0 Å². The summed E-state index contributed by atoms with van der Waals surface area (Å²) < 4.78 is 0. The maximum Gasteiger partial charge on any atom is 0.337 e. The second-order valence-electron chi connectivity index (χ2n) is 4.38. The molecule has 1 atom stereocenters. The Hall–Kier alpha value is -2.11. The summed E-state index contributed by atoms with van der Waals surface area (Å²) in [7, 11) is 1.75. The first kappa shape index (κ1) is 12.3. The monoisotopic (exact) mass is 249 g/mol. The highest BCUT2D eigenvalue weighted by molar-refractivity contribution is 5.93. The van der Waals surface area contributed by atoms with Gasteiger partial charge < -0.3 is 15.3 Å². The molecule has 0 bridgehead atoms. The molecule has 1 aromatic heterocycles. The first-order valence-corrected chi connectivity index (χ1v) is 5.75. The van der Waals surface area contributed by atoms with Crippen LogP contribution in [-0.4, -0.2) is 46.5 Å². The fourth-order valence-corrected chi connectivity index (χ4v) is 2.05. The zero-order valence-corrected chi connectivity index (χ0v) is 10.1. The molecule has 0 aromatic carbocycles. The zero-order chi connectivity index (χ0) is 13.1. The first-order chi connectivity index (χ1) is 8.58. The van der Waals surface area contributed by atoms with Gasteiger partial charge in [0.05, 0.1) is 17.4 Å². The summed E-state index contributed by atoms with van der Waals surface area (Å²) in [6, 6.07) is 1.53. The molecule has 2 rings (SSSR count). The third-order valence-electron chi connectivity index (χ3n) is 3.04. The highest BCUT2D eigenvalue weighted by Crippen LogP contribution is 2.18. The Kier molecular flexibility index (Phi) is 3.45. The number of carboxylic acids is 1. The molecule has 0 spiro atoms. The largest absolute Gasteiger partial charge is 0.478 e. The van der Waals surface area contributed by atoms with Crippen LogP contribution in [0.4, 0.5) is 5.69 Å². The number of amides is 1. The first-order valence-electron chi connectivity index (χ1n) is 5.75. The summed E-state index contributed by atoms with van der Waals surface area (Å²) in [6.07, 6.45) is 4.14. The smallest absolute Gasteiger partial charge is 0.337 e. The maximum absolute atomic E-state index is 11.4. The Bertz CT molecular complexity index is 475. The molecular formula is C12H15N3O3. The fraction of sp³-hybridized carbons (Fsp3) is 0.417. The van der Waals surface area contributed by atoms with Crippen molar-refractivity contribution in [3.63, 3.8) is 0 Å². The fourth-order valence-electron chi connectivity index (χ4n) is 2.05. The topological polar surface area (TPSA) is 82.5 Å². The van der Waals surface area contributed by atoms with Crippen LogP contribution < -0.4 is 5.32 Å². The van der Waals surface area contributed by atoms with Crippen molar-refractivity contribution in [2.75, 3.05) is 18.9 Å². The lowest BCUT2D eigenvalue weighted by molar-refractivity contribution is -0.132. The molecule has 2 N–H and O–H groups in total. The molecular weight excluding hydrogens is 234 g/mol. The SMILES string of the molecule is CN1CC(Nc2cnccc2C(=O)O)CCC1=O. The molecule has 18 heavy (non-hydrogen) atoms. The predicted molar refractivity (Wildman–Crippen MR) is 65.5 cm³/mol. The zero-order valence-electron chi connectivity index (χ0n) is 10.1. The van der Waals surface area contributed by atoms with Gasteiger partial charge in [-0.05, 0) is 12.5 Å². The number of aromatic nitrogens is 1. The molecule has 1 unspecified atom stereocenters. The number of anilines is 1. The normalized spacial score (nSPS) is 19.7. The molecule has 6 nitrogen and oxygen atoms in total. The summed E-state index contributed by atoms with van der Waals surface area (Å²) in [6.45, 7) is 0.576. The molecule has 2 heterocycles. The van der Waals surface area contributed by atoms with Gasteiger partial charge in [0.2, 0.25) is 5.91 Å². The van der Waals surface area contributed by atoms with Crippen LogP contribution in [0.25, 0.3) is 0 Å². The number of hydrogen-bond donors (Lipinski definition) is 2. The number of carbonyl (C=O) groups excluding carboxylic acids is 1. The Morgan fingerprint density at radius 2 is 2.39 bits per heavy atom. The van der Waals surface area contributed by atoms with Crippen LogP contribution in [0.1, 0.15) is 23.2 Å². The molecule has 1 amide bonds. The number of nitrogens with one attached hydrogen (secondary N) is 1. The number of aromatic carboxylic acids is 1. The highest BCUT2D eigenvalue weighted by atomic mass is 16.4. The van der Waals surface area contributed by atoms with Crippen molar-refractivity contribution < 1.29 is 14.7 Å². The summed E-state index contributed by atoms with van der Waals surface area (Å²) >= 11 is 0. The number of piperidine rings is 1. The maximum atomic E-state index is 11.4.